The number of rotatable bonds is 1. The molecule has 0 bridgehead atoms. The van der Waals surface area contributed by atoms with Gasteiger partial charge in [0.25, 0.3) is 5.91 Å². The van der Waals surface area contributed by atoms with E-state index in [9.17, 15) is 9.59 Å². The van der Waals surface area contributed by atoms with E-state index in [1.54, 1.807) is 12.3 Å². The number of benzene rings is 1. The maximum absolute atomic E-state index is 12.6. The van der Waals surface area contributed by atoms with Crippen molar-refractivity contribution in [3.05, 3.63) is 38.6 Å². The van der Waals surface area contributed by atoms with Gasteiger partial charge < -0.3 is 14.8 Å². The van der Waals surface area contributed by atoms with E-state index < -0.39 is 0 Å². The summed E-state index contributed by atoms with van der Waals surface area (Å²) in [6.45, 7) is 2.90. The predicted molar refractivity (Wildman–Crippen MR) is 87.3 cm³/mol. The lowest BCUT2D eigenvalue weighted by atomic mass is 10.0. The fraction of sp³-hybridized carbons (Fsp3) is 0.333. The molecule has 2 heterocycles. The Morgan fingerprint density at radius 3 is 2.81 bits per heavy atom. The molecule has 0 saturated heterocycles. The van der Waals surface area contributed by atoms with Crippen LogP contribution in [0.4, 0.5) is 5.69 Å². The van der Waals surface area contributed by atoms with Gasteiger partial charge in [-0.1, -0.05) is 0 Å². The Morgan fingerprint density at radius 2 is 2.14 bits per heavy atom. The third-order valence-corrected chi connectivity index (χ3v) is 4.62. The molecule has 110 valence electrons. The second-order valence-corrected chi connectivity index (χ2v) is 6.23. The molecule has 1 amide bonds. The van der Waals surface area contributed by atoms with Gasteiger partial charge in [0.05, 0.1) is 11.2 Å². The van der Waals surface area contributed by atoms with Gasteiger partial charge in [0.2, 0.25) is 5.43 Å². The summed E-state index contributed by atoms with van der Waals surface area (Å²) in [5.74, 6) is -0.346. The molecule has 5 nitrogen and oxygen atoms in total. The summed E-state index contributed by atoms with van der Waals surface area (Å²) in [5.41, 5.74) is 1.83. The summed E-state index contributed by atoms with van der Waals surface area (Å²) in [6, 6.07) is 3.83. The first-order valence-corrected chi connectivity index (χ1v) is 7.55. The largest absolute Gasteiger partial charge is 0.370 e. The Balaban J connectivity index is 2.49. The van der Waals surface area contributed by atoms with E-state index in [2.05, 4.69) is 33.1 Å². The van der Waals surface area contributed by atoms with E-state index in [0.29, 0.717) is 5.39 Å². The summed E-state index contributed by atoms with van der Waals surface area (Å²) in [4.78, 5) is 26.7. The highest BCUT2D eigenvalue weighted by atomic mass is 79.9. The van der Waals surface area contributed by atoms with Gasteiger partial charge in [0, 0.05) is 42.7 Å². The molecule has 0 unspecified atom stereocenters. The maximum atomic E-state index is 12.6. The summed E-state index contributed by atoms with van der Waals surface area (Å²) in [7, 11) is 3.54. The van der Waals surface area contributed by atoms with Gasteiger partial charge in [-0.2, -0.15) is 0 Å². The van der Waals surface area contributed by atoms with Crippen LogP contribution in [0.1, 0.15) is 23.3 Å². The lowest BCUT2D eigenvalue weighted by molar-refractivity contribution is 0.0961. The summed E-state index contributed by atoms with van der Waals surface area (Å²) in [5, 5.41) is 3.11. The second-order valence-electron chi connectivity index (χ2n) is 5.38. The van der Waals surface area contributed by atoms with Crippen LogP contribution in [-0.4, -0.2) is 31.1 Å². The van der Waals surface area contributed by atoms with Gasteiger partial charge in [-0.3, -0.25) is 9.59 Å². The van der Waals surface area contributed by atoms with Gasteiger partial charge in [0.1, 0.15) is 5.56 Å². The molecule has 0 fully saturated rings. The van der Waals surface area contributed by atoms with Crippen LogP contribution < -0.4 is 15.6 Å². The standard InChI is InChI=1S/C15H16BrN3O2/c1-8-6-18(3)13-11(16)5-4-9-12(13)19(8)7-10(14(9)20)15(21)17-2/h4-5,7-8H,6H2,1-3H3,(H,17,21)/t8-/m0/s1. The zero-order chi connectivity index (χ0) is 15.3. The van der Waals surface area contributed by atoms with Crippen LogP contribution in [0.25, 0.3) is 10.9 Å². The van der Waals surface area contributed by atoms with E-state index in [0.717, 1.165) is 22.2 Å². The number of pyridine rings is 1. The first kappa shape index (κ1) is 14.1. The van der Waals surface area contributed by atoms with Crippen molar-refractivity contribution in [2.45, 2.75) is 13.0 Å². The summed E-state index contributed by atoms with van der Waals surface area (Å²) >= 11 is 3.56. The van der Waals surface area contributed by atoms with Gasteiger partial charge in [0.15, 0.2) is 0 Å². The van der Waals surface area contributed by atoms with Crippen molar-refractivity contribution in [1.82, 2.24) is 9.88 Å². The molecule has 3 rings (SSSR count). The Bertz CT molecular complexity index is 813. The third kappa shape index (κ3) is 1.97. The number of carbonyl (C=O) groups is 1. The number of halogens is 1. The lowest BCUT2D eigenvalue weighted by Gasteiger charge is -2.34. The van der Waals surface area contributed by atoms with Crippen molar-refractivity contribution in [3.63, 3.8) is 0 Å². The zero-order valence-electron chi connectivity index (χ0n) is 12.1. The monoisotopic (exact) mass is 349 g/mol. The molecule has 1 aromatic heterocycles. The molecule has 21 heavy (non-hydrogen) atoms. The number of hydrogen-bond acceptors (Lipinski definition) is 3. The molecule has 0 spiro atoms. The predicted octanol–water partition coefficient (Wildman–Crippen LogP) is 2.13. The van der Waals surface area contributed by atoms with Gasteiger partial charge in [-0.15, -0.1) is 0 Å². The van der Waals surface area contributed by atoms with Crippen LogP contribution >= 0.6 is 15.9 Å². The lowest BCUT2D eigenvalue weighted by Crippen LogP contribution is -2.35. The molecule has 0 aliphatic carbocycles. The van der Waals surface area contributed by atoms with Crippen LogP contribution in [0.5, 0.6) is 0 Å². The minimum absolute atomic E-state index is 0.184. The van der Waals surface area contributed by atoms with E-state index in [1.807, 2.05) is 17.7 Å². The van der Waals surface area contributed by atoms with Crippen molar-refractivity contribution >= 4 is 38.4 Å². The molecule has 1 N–H and O–H groups in total. The van der Waals surface area contributed by atoms with Crippen LogP contribution in [0, 0.1) is 0 Å². The number of nitrogens with one attached hydrogen (secondary N) is 1. The van der Waals surface area contributed by atoms with E-state index in [-0.39, 0.29) is 22.9 Å². The molecule has 1 aliphatic heterocycles. The molecule has 1 aliphatic rings. The Labute approximate surface area is 130 Å². The summed E-state index contributed by atoms with van der Waals surface area (Å²) in [6.07, 6.45) is 1.68. The average Bonchev–Trinajstić information content (AvgIpc) is 2.45. The fourth-order valence-corrected chi connectivity index (χ4v) is 3.61. The number of hydrogen-bond donors (Lipinski definition) is 1. The van der Waals surface area contributed by atoms with Gasteiger partial charge >= 0.3 is 0 Å². The maximum Gasteiger partial charge on any atom is 0.256 e. The van der Waals surface area contributed by atoms with E-state index in [1.165, 1.54) is 7.05 Å². The number of anilines is 1. The molecule has 6 heteroatoms. The number of likely N-dealkylation sites (N-methyl/N-ethyl adjacent to an activating group) is 1. The molecular weight excluding hydrogens is 334 g/mol. The quantitative estimate of drug-likeness (QED) is 0.857. The highest BCUT2D eigenvalue weighted by molar-refractivity contribution is 9.10. The van der Waals surface area contributed by atoms with Crippen molar-refractivity contribution in [2.24, 2.45) is 0 Å². The topological polar surface area (TPSA) is 54.3 Å². The minimum Gasteiger partial charge on any atom is -0.370 e. The molecule has 1 aromatic carbocycles. The molecule has 0 radical (unpaired) electrons. The Morgan fingerprint density at radius 1 is 1.43 bits per heavy atom. The van der Waals surface area contributed by atoms with Crippen LogP contribution in [0.15, 0.2) is 27.6 Å². The summed E-state index contributed by atoms with van der Waals surface area (Å²) < 4.78 is 2.98. The molecular formula is C15H16BrN3O2. The number of carbonyl (C=O) groups excluding carboxylic acids is 1. The number of amides is 1. The van der Waals surface area contributed by atoms with E-state index in [4.69, 9.17) is 0 Å². The van der Waals surface area contributed by atoms with Crippen molar-refractivity contribution < 1.29 is 4.79 Å². The zero-order valence-corrected chi connectivity index (χ0v) is 13.7. The van der Waals surface area contributed by atoms with Gasteiger partial charge in [-0.05, 0) is 35.0 Å². The Kier molecular flexibility index (Phi) is 3.28. The SMILES string of the molecule is CNC(=O)c1cn2c3c(c(Br)ccc3c1=O)N(C)C[C@@H]2C. The minimum atomic E-state index is -0.346. The number of aromatic nitrogens is 1. The second kappa shape index (κ2) is 4.87. The van der Waals surface area contributed by atoms with Crippen LogP contribution in [0.2, 0.25) is 0 Å². The van der Waals surface area contributed by atoms with Crippen molar-refractivity contribution in [1.29, 1.82) is 0 Å². The number of nitrogens with zero attached hydrogens (tertiary/aromatic N) is 2. The third-order valence-electron chi connectivity index (χ3n) is 3.98. The molecule has 1 atom stereocenters. The first-order chi connectivity index (χ1) is 9.95. The molecule has 2 aromatic rings. The Hall–Kier alpha value is -1.82. The van der Waals surface area contributed by atoms with Crippen molar-refractivity contribution in [3.8, 4) is 0 Å². The first-order valence-electron chi connectivity index (χ1n) is 6.76. The van der Waals surface area contributed by atoms with E-state index >= 15 is 0 Å². The van der Waals surface area contributed by atoms with Crippen molar-refractivity contribution in [2.75, 3.05) is 25.5 Å². The smallest absolute Gasteiger partial charge is 0.256 e. The van der Waals surface area contributed by atoms with Crippen LogP contribution in [0.3, 0.4) is 0 Å². The normalized spacial score (nSPS) is 17.1. The average molecular weight is 350 g/mol. The highest BCUT2D eigenvalue weighted by Gasteiger charge is 2.26. The molecule has 0 saturated carbocycles. The highest BCUT2D eigenvalue weighted by Crippen LogP contribution is 2.38. The fourth-order valence-electron chi connectivity index (χ4n) is 2.99. The van der Waals surface area contributed by atoms with Gasteiger partial charge in [-0.25, -0.2) is 0 Å². The van der Waals surface area contributed by atoms with Crippen LogP contribution in [-0.2, 0) is 0 Å².